The Labute approximate surface area is 94.6 Å². The largest absolute Gasteiger partial charge is 0.387 e. The van der Waals surface area contributed by atoms with Gasteiger partial charge in [-0.3, -0.25) is 4.98 Å². The number of pyridine rings is 1. The minimum Gasteiger partial charge on any atom is -0.387 e. The summed E-state index contributed by atoms with van der Waals surface area (Å²) in [6, 6.07) is 3.79. The lowest BCUT2D eigenvalue weighted by molar-refractivity contribution is 0.169. The highest BCUT2D eigenvalue weighted by Gasteiger charge is 2.06. The fourth-order valence-corrected chi connectivity index (χ4v) is 1.60. The molecular formula is C12H15N3O. The predicted octanol–water partition coefficient (Wildman–Crippen LogP) is 2.02. The maximum Gasteiger partial charge on any atom is 0.110 e. The summed E-state index contributed by atoms with van der Waals surface area (Å²) in [5.41, 5.74) is 1.67. The van der Waals surface area contributed by atoms with Gasteiger partial charge < -0.3 is 9.67 Å². The minimum atomic E-state index is -0.474. The van der Waals surface area contributed by atoms with Crippen molar-refractivity contribution in [1.82, 2.24) is 14.5 Å². The van der Waals surface area contributed by atoms with Gasteiger partial charge in [-0.1, -0.05) is 6.92 Å². The molecule has 0 aliphatic rings. The molecule has 2 aromatic heterocycles. The Bertz CT molecular complexity index is 461. The summed E-state index contributed by atoms with van der Waals surface area (Å²) in [4.78, 5) is 8.40. The second-order valence-electron chi connectivity index (χ2n) is 3.71. The Kier molecular flexibility index (Phi) is 3.01. The molecule has 2 aromatic rings. The zero-order valence-electron chi connectivity index (χ0n) is 9.46. The molecule has 0 spiro atoms. The van der Waals surface area contributed by atoms with E-state index in [0.717, 1.165) is 11.5 Å². The Morgan fingerprint density at radius 1 is 1.38 bits per heavy atom. The summed E-state index contributed by atoms with van der Waals surface area (Å²) >= 11 is 0. The number of aliphatic hydroxyl groups excluding tert-OH is 1. The summed E-state index contributed by atoms with van der Waals surface area (Å²) in [7, 11) is 0. The van der Waals surface area contributed by atoms with E-state index in [2.05, 4.69) is 9.97 Å². The maximum atomic E-state index is 9.62. The van der Waals surface area contributed by atoms with E-state index in [1.165, 1.54) is 0 Å². The molecule has 1 N–H and O–H groups in total. The Balaban J connectivity index is 2.30. The van der Waals surface area contributed by atoms with E-state index < -0.39 is 6.10 Å². The van der Waals surface area contributed by atoms with Crippen molar-refractivity contribution in [2.24, 2.45) is 0 Å². The van der Waals surface area contributed by atoms with Gasteiger partial charge in [-0.25, -0.2) is 4.98 Å². The average molecular weight is 217 g/mol. The third kappa shape index (κ3) is 1.97. The quantitative estimate of drug-likeness (QED) is 0.855. The van der Waals surface area contributed by atoms with Crippen molar-refractivity contribution < 1.29 is 5.11 Å². The van der Waals surface area contributed by atoms with Gasteiger partial charge in [0.2, 0.25) is 0 Å². The number of imidazole rings is 1. The van der Waals surface area contributed by atoms with Gasteiger partial charge in [-0.15, -0.1) is 0 Å². The normalized spacial score (nSPS) is 12.7. The van der Waals surface area contributed by atoms with Gasteiger partial charge >= 0.3 is 0 Å². The van der Waals surface area contributed by atoms with Crippen molar-refractivity contribution in [3.05, 3.63) is 42.2 Å². The van der Waals surface area contributed by atoms with Crippen LogP contribution in [0.5, 0.6) is 0 Å². The number of aliphatic hydroxyl groups is 1. The molecule has 0 saturated carbocycles. The number of hydrogen-bond acceptors (Lipinski definition) is 3. The molecule has 0 saturated heterocycles. The first-order valence-corrected chi connectivity index (χ1v) is 5.36. The molecule has 4 heteroatoms. The SMILES string of the molecule is CC[C@H](O)c1ccc(-n2ccnc2C)cn1. The van der Waals surface area contributed by atoms with Crippen LogP contribution in [0.2, 0.25) is 0 Å². The van der Waals surface area contributed by atoms with Crippen molar-refractivity contribution in [2.45, 2.75) is 26.4 Å². The summed E-state index contributed by atoms with van der Waals surface area (Å²) in [6.07, 6.45) is 5.60. The number of rotatable bonds is 3. The van der Waals surface area contributed by atoms with Crippen LogP contribution >= 0.6 is 0 Å². The van der Waals surface area contributed by atoms with Crippen molar-refractivity contribution in [3.8, 4) is 5.69 Å². The summed E-state index contributed by atoms with van der Waals surface area (Å²) in [6.45, 7) is 3.87. The Morgan fingerprint density at radius 3 is 2.69 bits per heavy atom. The minimum absolute atomic E-state index is 0.474. The van der Waals surface area contributed by atoms with Gasteiger partial charge in [0, 0.05) is 12.4 Å². The summed E-state index contributed by atoms with van der Waals surface area (Å²) < 4.78 is 1.95. The first-order valence-electron chi connectivity index (χ1n) is 5.36. The lowest BCUT2D eigenvalue weighted by atomic mass is 10.2. The molecule has 16 heavy (non-hydrogen) atoms. The van der Waals surface area contributed by atoms with Crippen molar-refractivity contribution in [1.29, 1.82) is 0 Å². The molecule has 0 unspecified atom stereocenters. The molecule has 0 aromatic carbocycles. The molecule has 2 rings (SSSR count). The smallest absolute Gasteiger partial charge is 0.110 e. The third-order valence-electron chi connectivity index (χ3n) is 2.60. The Hall–Kier alpha value is -1.68. The molecule has 0 fully saturated rings. The van der Waals surface area contributed by atoms with E-state index in [0.29, 0.717) is 12.1 Å². The fraction of sp³-hybridized carbons (Fsp3) is 0.333. The standard InChI is InChI=1S/C12H15N3O/c1-3-12(16)11-5-4-10(8-14-11)15-7-6-13-9(15)2/h4-8,12,16H,3H2,1-2H3/t12-/m0/s1. The summed E-state index contributed by atoms with van der Waals surface area (Å²) in [5, 5.41) is 9.62. The molecule has 4 nitrogen and oxygen atoms in total. The first-order chi connectivity index (χ1) is 7.72. The van der Waals surface area contributed by atoms with E-state index in [1.54, 1.807) is 12.4 Å². The first kappa shape index (κ1) is 10.8. The monoisotopic (exact) mass is 217 g/mol. The van der Waals surface area contributed by atoms with Crippen LogP contribution in [-0.4, -0.2) is 19.6 Å². The summed E-state index contributed by atoms with van der Waals surface area (Å²) in [5.74, 6) is 0.922. The van der Waals surface area contributed by atoms with Crippen molar-refractivity contribution in [2.75, 3.05) is 0 Å². The zero-order valence-corrected chi connectivity index (χ0v) is 9.46. The van der Waals surface area contributed by atoms with Crippen LogP contribution in [0.25, 0.3) is 5.69 Å². The van der Waals surface area contributed by atoms with Gasteiger partial charge in [0.05, 0.1) is 23.7 Å². The zero-order chi connectivity index (χ0) is 11.5. The van der Waals surface area contributed by atoms with E-state index >= 15 is 0 Å². The van der Waals surface area contributed by atoms with Crippen LogP contribution in [-0.2, 0) is 0 Å². The second-order valence-corrected chi connectivity index (χ2v) is 3.71. The highest BCUT2D eigenvalue weighted by molar-refractivity contribution is 5.31. The van der Waals surface area contributed by atoms with E-state index in [1.807, 2.05) is 36.7 Å². The van der Waals surface area contributed by atoms with E-state index in [4.69, 9.17) is 0 Å². The molecule has 1 atom stereocenters. The highest BCUT2D eigenvalue weighted by atomic mass is 16.3. The highest BCUT2D eigenvalue weighted by Crippen LogP contribution is 2.15. The maximum absolute atomic E-state index is 9.62. The lowest BCUT2D eigenvalue weighted by Gasteiger charge is -2.09. The van der Waals surface area contributed by atoms with Crippen LogP contribution < -0.4 is 0 Å². The van der Waals surface area contributed by atoms with Gasteiger partial charge in [0.15, 0.2) is 0 Å². The topological polar surface area (TPSA) is 50.9 Å². The average Bonchev–Trinajstić information content (AvgIpc) is 2.75. The van der Waals surface area contributed by atoms with Crippen LogP contribution in [0.15, 0.2) is 30.7 Å². The second kappa shape index (κ2) is 4.45. The van der Waals surface area contributed by atoms with Crippen molar-refractivity contribution >= 4 is 0 Å². The van der Waals surface area contributed by atoms with Gasteiger partial charge in [-0.2, -0.15) is 0 Å². The Morgan fingerprint density at radius 2 is 2.19 bits per heavy atom. The number of nitrogens with zero attached hydrogens (tertiary/aromatic N) is 3. The molecule has 0 radical (unpaired) electrons. The molecule has 2 heterocycles. The van der Waals surface area contributed by atoms with Gasteiger partial charge in [-0.05, 0) is 25.5 Å². The predicted molar refractivity (Wildman–Crippen MR) is 61.3 cm³/mol. The molecule has 0 bridgehead atoms. The van der Waals surface area contributed by atoms with Crippen molar-refractivity contribution in [3.63, 3.8) is 0 Å². The van der Waals surface area contributed by atoms with Gasteiger partial charge in [0.1, 0.15) is 5.82 Å². The molecule has 0 aliphatic carbocycles. The van der Waals surface area contributed by atoms with E-state index in [-0.39, 0.29) is 0 Å². The number of aryl methyl sites for hydroxylation is 1. The van der Waals surface area contributed by atoms with Crippen LogP contribution in [0, 0.1) is 6.92 Å². The molecule has 0 aliphatic heterocycles. The molecular weight excluding hydrogens is 202 g/mol. The fourth-order valence-electron chi connectivity index (χ4n) is 1.60. The molecule has 0 amide bonds. The third-order valence-corrected chi connectivity index (χ3v) is 2.60. The van der Waals surface area contributed by atoms with Crippen LogP contribution in [0.3, 0.4) is 0 Å². The lowest BCUT2D eigenvalue weighted by Crippen LogP contribution is -2.01. The van der Waals surface area contributed by atoms with Crippen LogP contribution in [0.4, 0.5) is 0 Å². The van der Waals surface area contributed by atoms with Crippen LogP contribution in [0.1, 0.15) is 31.0 Å². The number of aromatic nitrogens is 3. The molecule has 84 valence electrons. The van der Waals surface area contributed by atoms with E-state index in [9.17, 15) is 5.11 Å². The van der Waals surface area contributed by atoms with Gasteiger partial charge in [0.25, 0.3) is 0 Å². The number of hydrogen-bond donors (Lipinski definition) is 1.